The lowest BCUT2D eigenvalue weighted by molar-refractivity contribution is -0.118. The van der Waals surface area contributed by atoms with Crippen molar-refractivity contribution in [2.24, 2.45) is 5.73 Å². The molecule has 0 bridgehead atoms. The highest BCUT2D eigenvalue weighted by molar-refractivity contribution is 14.1. The first-order valence-corrected chi connectivity index (χ1v) is 8.41. The Morgan fingerprint density at radius 3 is 2.80 bits per heavy atom. The van der Waals surface area contributed by atoms with Crippen LogP contribution in [0.25, 0.3) is 0 Å². The van der Waals surface area contributed by atoms with Gasteiger partial charge in [-0.15, -0.1) is 11.3 Å². The maximum atomic E-state index is 11.7. The molecule has 1 aliphatic heterocycles. The highest BCUT2D eigenvalue weighted by atomic mass is 127. The molecule has 2 aromatic rings. The van der Waals surface area contributed by atoms with Crippen LogP contribution in [-0.2, 0) is 11.2 Å². The highest BCUT2D eigenvalue weighted by Crippen LogP contribution is 2.31. The SMILES string of the molecule is CN1C(=O)CCc2cc(C(N)c3csc(I)c3)ccc21. The fourth-order valence-electron chi connectivity index (χ4n) is 2.55. The summed E-state index contributed by atoms with van der Waals surface area (Å²) in [5, 5.41) is 2.11. The zero-order chi connectivity index (χ0) is 14.3. The first kappa shape index (κ1) is 14.0. The molecule has 1 aromatic carbocycles. The number of fused-ring (bicyclic) bond motifs is 1. The van der Waals surface area contributed by atoms with E-state index in [2.05, 4.69) is 40.1 Å². The van der Waals surface area contributed by atoms with Crippen molar-refractivity contribution in [2.75, 3.05) is 11.9 Å². The molecule has 0 spiro atoms. The number of nitrogens with two attached hydrogens (primary N) is 1. The molecule has 20 heavy (non-hydrogen) atoms. The van der Waals surface area contributed by atoms with E-state index >= 15 is 0 Å². The van der Waals surface area contributed by atoms with Gasteiger partial charge in [-0.3, -0.25) is 4.79 Å². The minimum atomic E-state index is -0.0944. The van der Waals surface area contributed by atoms with Gasteiger partial charge in [0.15, 0.2) is 0 Å². The Hall–Kier alpha value is -0.920. The van der Waals surface area contributed by atoms with Gasteiger partial charge in [0.25, 0.3) is 0 Å². The van der Waals surface area contributed by atoms with Crippen LogP contribution in [0.1, 0.15) is 29.2 Å². The second kappa shape index (κ2) is 5.46. The Kier molecular flexibility index (Phi) is 3.83. The van der Waals surface area contributed by atoms with Crippen molar-refractivity contribution < 1.29 is 4.79 Å². The van der Waals surface area contributed by atoms with E-state index in [0.29, 0.717) is 6.42 Å². The van der Waals surface area contributed by atoms with Crippen molar-refractivity contribution in [3.63, 3.8) is 0 Å². The molecular weight excluding hydrogens is 383 g/mol. The summed E-state index contributed by atoms with van der Waals surface area (Å²) in [6, 6.07) is 8.23. The van der Waals surface area contributed by atoms with Crippen LogP contribution in [-0.4, -0.2) is 13.0 Å². The van der Waals surface area contributed by atoms with Gasteiger partial charge in [-0.1, -0.05) is 12.1 Å². The molecule has 0 radical (unpaired) electrons. The predicted molar refractivity (Wildman–Crippen MR) is 91.2 cm³/mol. The average molecular weight is 398 g/mol. The van der Waals surface area contributed by atoms with Crippen molar-refractivity contribution >= 4 is 45.5 Å². The summed E-state index contributed by atoms with van der Waals surface area (Å²) in [4.78, 5) is 13.4. The lowest BCUT2D eigenvalue weighted by atomic mass is 9.95. The number of aryl methyl sites for hydroxylation is 1. The lowest BCUT2D eigenvalue weighted by Gasteiger charge is -2.26. The Balaban J connectivity index is 1.95. The maximum absolute atomic E-state index is 11.7. The first-order valence-electron chi connectivity index (χ1n) is 6.45. The van der Waals surface area contributed by atoms with Crippen molar-refractivity contribution in [1.82, 2.24) is 0 Å². The van der Waals surface area contributed by atoms with E-state index in [9.17, 15) is 4.79 Å². The Morgan fingerprint density at radius 1 is 1.30 bits per heavy atom. The van der Waals surface area contributed by atoms with Crippen molar-refractivity contribution in [1.29, 1.82) is 0 Å². The van der Waals surface area contributed by atoms with Crippen LogP contribution >= 0.6 is 33.9 Å². The number of rotatable bonds is 2. The van der Waals surface area contributed by atoms with E-state index < -0.39 is 0 Å². The summed E-state index contributed by atoms with van der Waals surface area (Å²) >= 11 is 4.02. The van der Waals surface area contributed by atoms with Gasteiger partial charge in [0.1, 0.15) is 0 Å². The quantitative estimate of drug-likeness (QED) is 0.790. The summed E-state index contributed by atoms with van der Waals surface area (Å²) in [7, 11) is 1.83. The predicted octanol–water partition coefficient (Wildman–Crippen LogP) is 3.31. The molecule has 2 heterocycles. The molecule has 1 unspecified atom stereocenters. The van der Waals surface area contributed by atoms with Crippen LogP contribution in [0.15, 0.2) is 29.6 Å². The number of anilines is 1. The van der Waals surface area contributed by atoms with Gasteiger partial charge in [-0.05, 0) is 63.2 Å². The minimum absolute atomic E-state index is 0.0944. The molecule has 0 fully saturated rings. The Morgan fingerprint density at radius 2 is 2.10 bits per heavy atom. The van der Waals surface area contributed by atoms with Crippen LogP contribution < -0.4 is 10.6 Å². The summed E-state index contributed by atoms with van der Waals surface area (Å²) in [5.74, 6) is 0.182. The zero-order valence-electron chi connectivity index (χ0n) is 11.1. The number of hydrogen-bond acceptors (Lipinski definition) is 3. The van der Waals surface area contributed by atoms with Gasteiger partial charge in [0.05, 0.1) is 8.93 Å². The fourth-order valence-corrected chi connectivity index (χ4v) is 3.96. The molecule has 5 heteroatoms. The number of benzene rings is 1. The largest absolute Gasteiger partial charge is 0.320 e. The van der Waals surface area contributed by atoms with Crippen molar-refractivity contribution in [3.8, 4) is 0 Å². The third-order valence-corrected chi connectivity index (χ3v) is 5.56. The van der Waals surface area contributed by atoms with E-state index in [-0.39, 0.29) is 11.9 Å². The van der Waals surface area contributed by atoms with Crippen LogP contribution in [0.5, 0.6) is 0 Å². The summed E-state index contributed by atoms with van der Waals surface area (Å²) < 4.78 is 1.25. The van der Waals surface area contributed by atoms with Crippen LogP contribution in [0.2, 0.25) is 0 Å². The summed E-state index contributed by atoms with van der Waals surface area (Å²) in [6.45, 7) is 0. The molecule has 104 valence electrons. The van der Waals surface area contributed by atoms with Crippen LogP contribution in [0.3, 0.4) is 0 Å². The molecular formula is C15H15IN2OS. The topological polar surface area (TPSA) is 46.3 Å². The second-order valence-electron chi connectivity index (χ2n) is 5.00. The molecule has 3 rings (SSSR count). The van der Waals surface area contributed by atoms with Gasteiger partial charge < -0.3 is 10.6 Å². The molecule has 0 saturated carbocycles. The normalized spacial score (nSPS) is 16.1. The smallest absolute Gasteiger partial charge is 0.227 e. The number of nitrogens with zero attached hydrogens (tertiary/aromatic N) is 1. The molecule has 0 aliphatic carbocycles. The maximum Gasteiger partial charge on any atom is 0.227 e. The van der Waals surface area contributed by atoms with Gasteiger partial charge in [0.2, 0.25) is 5.91 Å². The number of thiophene rings is 1. The Bertz CT molecular complexity index is 668. The standard InChI is InChI=1S/C15H15IN2OS/c1-18-12-4-2-10(6-9(12)3-5-14(18)19)15(17)11-7-13(16)20-8-11/h2,4,6-8,15H,3,5,17H2,1H3. The van der Waals surface area contributed by atoms with E-state index in [0.717, 1.165) is 23.2 Å². The summed E-state index contributed by atoms with van der Waals surface area (Å²) in [6.07, 6.45) is 1.39. The van der Waals surface area contributed by atoms with E-state index in [4.69, 9.17) is 5.73 Å². The lowest BCUT2D eigenvalue weighted by Crippen LogP contribution is -2.31. The monoisotopic (exact) mass is 398 g/mol. The first-order chi connectivity index (χ1) is 9.56. The van der Waals surface area contributed by atoms with Gasteiger partial charge in [0, 0.05) is 19.2 Å². The minimum Gasteiger partial charge on any atom is -0.320 e. The second-order valence-corrected chi connectivity index (χ2v) is 7.81. The third kappa shape index (κ3) is 2.49. The van der Waals surface area contributed by atoms with Gasteiger partial charge >= 0.3 is 0 Å². The molecule has 1 amide bonds. The molecule has 1 aromatic heterocycles. The van der Waals surface area contributed by atoms with Gasteiger partial charge in [-0.2, -0.15) is 0 Å². The highest BCUT2D eigenvalue weighted by Gasteiger charge is 2.22. The number of halogens is 1. The van der Waals surface area contributed by atoms with E-state index in [1.807, 2.05) is 19.2 Å². The molecule has 0 saturated heterocycles. The van der Waals surface area contributed by atoms with Gasteiger partial charge in [-0.25, -0.2) is 0 Å². The average Bonchev–Trinajstić information content (AvgIpc) is 2.88. The third-order valence-electron chi connectivity index (χ3n) is 3.75. The van der Waals surface area contributed by atoms with Crippen LogP contribution in [0.4, 0.5) is 5.69 Å². The number of carbonyl (C=O) groups is 1. The molecule has 2 N–H and O–H groups in total. The molecule has 1 atom stereocenters. The van der Waals surface area contributed by atoms with E-state index in [1.165, 1.54) is 8.45 Å². The van der Waals surface area contributed by atoms with Crippen molar-refractivity contribution in [2.45, 2.75) is 18.9 Å². The number of hydrogen-bond donors (Lipinski definition) is 1. The van der Waals surface area contributed by atoms with Crippen LogP contribution in [0, 0.1) is 2.88 Å². The molecule has 1 aliphatic rings. The van der Waals surface area contributed by atoms with Crippen molar-refractivity contribution in [3.05, 3.63) is 49.2 Å². The number of amides is 1. The molecule has 3 nitrogen and oxygen atoms in total. The zero-order valence-corrected chi connectivity index (χ0v) is 14.1. The summed E-state index contributed by atoms with van der Waals surface area (Å²) in [5.41, 5.74) is 10.8. The number of carbonyl (C=O) groups excluding carboxylic acids is 1. The fraction of sp³-hybridized carbons (Fsp3) is 0.267. The van der Waals surface area contributed by atoms with E-state index in [1.54, 1.807) is 16.2 Å². The Labute approximate surface area is 135 Å².